The molecule has 0 bridgehead atoms. The predicted molar refractivity (Wildman–Crippen MR) is 121 cm³/mol. The smallest absolute Gasteiger partial charge is 0.263 e. The third kappa shape index (κ3) is 4.07. The van der Waals surface area contributed by atoms with Crippen LogP contribution in [0.2, 0.25) is 0 Å². The third-order valence-corrected chi connectivity index (χ3v) is 7.35. The molecule has 0 N–H and O–H groups in total. The maximum absolute atomic E-state index is 13.2. The molecule has 3 aromatic rings. The molecule has 2 aromatic heterocycles. The van der Waals surface area contributed by atoms with Crippen LogP contribution < -0.4 is 10.3 Å². The zero-order valence-electron chi connectivity index (χ0n) is 15.4. The molecule has 0 atom stereocenters. The van der Waals surface area contributed by atoms with E-state index in [1.165, 1.54) is 16.9 Å². The van der Waals surface area contributed by atoms with Gasteiger partial charge in [-0.2, -0.15) is 0 Å². The van der Waals surface area contributed by atoms with Crippen molar-refractivity contribution in [3.63, 3.8) is 0 Å². The van der Waals surface area contributed by atoms with Crippen molar-refractivity contribution in [3.05, 3.63) is 62.2 Å². The van der Waals surface area contributed by atoms with E-state index in [1.807, 2.05) is 24.3 Å². The largest absolute Gasteiger partial charge is 0.493 e. The fourth-order valence-corrected chi connectivity index (χ4v) is 5.98. The van der Waals surface area contributed by atoms with Gasteiger partial charge in [0.15, 0.2) is 5.16 Å². The van der Waals surface area contributed by atoms with Crippen LogP contribution in [0.4, 0.5) is 0 Å². The van der Waals surface area contributed by atoms with Crippen molar-refractivity contribution in [3.8, 4) is 5.75 Å². The number of aromatic nitrogens is 2. The lowest BCUT2D eigenvalue weighted by molar-refractivity contribution is 0.343. The van der Waals surface area contributed by atoms with E-state index in [0.717, 1.165) is 44.9 Å². The Labute approximate surface area is 180 Å². The molecule has 1 aliphatic rings. The van der Waals surface area contributed by atoms with Gasteiger partial charge < -0.3 is 4.74 Å². The van der Waals surface area contributed by atoms with Crippen molar-refractivity contribution in [1.82, 2.24) is 9.55 Å². The first-order chi connectivity index (χ1) is 13.7. The predicted octanol–water partition coefficient (Wildman–Crippen LogP) is 5.46. The number of hydrogen-bond donors (Lipinski definition) is 0. The number of halogens is 1. The standard InChI is InChI=1S/C21H21BrN2O2S2/c1-2-10-24-20(25)18-16-8-3-4-9-17(16)28-19(18)23-21(24)27-12-11-26-15-7-5-6-14(22)13-15/h2,5-7,13H,1,3-4,8-12H2. The van der Waals surface area contributed by atoms with Gasteiger partial charge in [0, 0.05) is 21.6 Å². The highest BCUT2D eigenvalue weighted by Crippen LogP contribution is 2.34. The second-order valence-electron chi connectivity index (χ2n) is 6.64. The second kappa shape index (κ2) is 8.84. The summed E-state index contributed by atoms with van der Waals surface area (Å²) >= 11 is 6.70. The van der Waals surface area contributed by atoms with Crippen molar-refractivity contribution in [2.45, 2.75) is 37.4 Å². The van der Waals surface area contributed by atoms with Crippen molar-refractivity contribution in [2.75, 3.05) is 12.4 Å². The fourth-order valence-electron chi connectivity index (χ4n) is 3.47. The summed E-state index contributed by atoms with van der Waals surface area (Å²) in [6.07, 6.45) is 6.18. The highest BCUT2D eigenvalue weighted by atomic mass is 79.9. The molecule has 0 fully saturated rings. The van der Waals surface area contributed by atoms with Crippen LogP contribution in [0.15, 0.2) is 51.3 Å². The number of nitrogens with zero attached hydrogens (tertiary/aromatic N) is 2. The highest BCUT2D eigenvalue weighted by Gasteiger charge is 2.21. The van der Waals surface area contributed by atoms with Crippen LogP contribution in [0.1, 0.15) is 23.3 Å². The summed E-state index contributed by atoms with van der Waals surface area (Å²) in [6, 6.07) is 7.79. The number of rotatable bonds is 7. The lowest BCUT2D eigenvalue weighted by Crippen LogP contribution is -2.23. The zero-order chi connectivity index (χ0) is 19.5. The Morgan fingerprint density at radius 3 is 3.04 bits per heavy atom. The number of aryl methyl sites for hydroxylation is 2. The van der Waals surface area contributed by atoms with Gasteiger partial charge in [0.05, 0.1) is 12.0 Å². The van der Waals surface area contributed by atoms with Crippen LogP contribution in [0.25, 0.3) is 10.2 Å². The van der Waals surface area contributed by atoms with Crippen LogP contribution in [-0.2, 0) is 19.4 Å². The van der Waals surface area contributed by atoms with E-state index in [9.17, 15) is 4.79 Å². The van der Waals surface area contributed by atoms with E-state index < -0.39 is 0 Å². The minimum atomic E-state index is 0.0692. The van der Waals surface area contributed by atoms with Gasteiger partial charge in [-0.3, -0.25) is 9.36 Å². The molecule has 4 rings (SSSR count). The number of thioether (sulfide) groups is 1. The number of thiophene rings is 1. The molecule has 0 unspecified atom stereocenters. The van der Waals surface area contributed by atoms with Gasteiger partial charge in [0.2, 0.25) is 0 Å². The number of ether oxygens (including phenoxy) is 1. The zero-order valence-corrected chi connectivity index (χ0v) is 18.7. The van der Waals surface area contributed by atoms with Crippen LogP contribution in [0, 0.1) is 0 Å². The summed E-state index contributed by atoms with van der Waals surface area (Å²) in [5, 5.41) is 1.57. The minimum Gasteiger partial charge on any atom is -0.493 e. The van der Waals surface area contributed by atoms with E-state index in [0.29, 0.717) is 18.9 Å². The first-order valence-electron chi connectivity index (χ1n) is 9.34. The Morgan fingerprint density at radius 2 is 2.21 bits per heavy atom. The molecular weight excluding hydrogens is 456 g/mol. The topological polar surface area (TPSA) is 44.1 Å². The monoisotopic (exact) mass is 476 g/mol. The lowest BCUT2D eigenvalue weighted by Gasteiger charge is -2.12. The minimum absolute atomic E-state index is 0.0692. The quantitative estimate of drug-likeness (QED) is 0.196. The van der Waals surface area contributed by atoms with E-state index in [2.05, 4.69) is 22.5 Å². The molecule has 0 amide bonds. The Hall–Kier alpha value is -1.57. The van der Waals surface area contributed by atoms with E-state index in [1.54, 1.807) is 33.7 Å². The summed E-state index contributed by atoms with van der Waals surface area (Å²) in [5.41, 5.74) is 1.30. The number of hydrogen-bond acceptors (Lipinski definition) is 5. The molecule has 1 aliphatic carbocycles. The number of benzene rings is 1. The van der Waals surface area contributed by atoms with Gasteiger partial charge in [-0.05, 0) is 49.4 Å². The van der Waals surface area contributed by atoms with Crippen LogP contribution >= 0.6 is 39.0 Å². The highest BCUT2D eigenvalue weighted by molar-refractivity contribution is 9.10. The summed E-state index contributed by atoms with van der Waals surface area (Å²) in [5.74, 6) is 1.54. The summed E-state index contributed by atoms with van der Waals surface area (Å²) < 4.78 is 8.55. The Morgan fingerprint density at radius 1 is 1.36 bits per heavy atom. The van der Waals surface area contributed by atoms with Gasteiger partial charge in [0.25, 0.3) is 5.56 Å². The molecule has 0 saturated heterocycles. The van der Waals surface area contributed by atoms with Gasteiger partial charge in [-0.25, -0.2) is 4.98 Å². The maximum Gasteiger partial charge on any atom is 0.263 e. The van der Waals surface area contributed by atoms with Crippen LogP contribution in [0.5, 0.6) is 5.75 Å². The molecule has 2 heterocycles. The molecule has 1 aromatic carbocycles. The summed E-state index contributed by atoms with van der Waals surface area (Å²) in [4.78, 5) is 20.3. The molecule has 146 valence electrons. The fraction of sp³-hybridized carbons (Fsp3) is 0.333. The van der Waals surface area contributed by atoms with E-state index in [4.69, 9.17) is 9.72 Å². The average molecular weight is 477 g/mol. The molecule has 0 spiro atoms. The second-order valence-corrected chi connectivity index (χ2v) is 9.71. The van der Waals surface area contributed by atoms with Crippen molar-refractivity contribution in [1.29, 1.82) is 0 Å². The molecule has 4 nitrogen and oxygen atoms in total. The molecule has 28 heavy (non-hydrogen) atoms. The molecule has 0 radical (unpaired) electrons. The van der Waals surface area contributed by atoms with Crippen molar-refractivity contribution in [2.24, 2.45) is 0 Å². The first kappa shape index (κ1) is 19.7. The molecule has 7 heteroatoms. The molecular formula is C21H21BrN2O2S2. The Balaban J connectivity index is 1.56. The normalized spacial score (nSPS) is 13.5. The molecule has 0 saturated carbocycles. The summed E-state index contributed by atoms with van der Waals surface area (Å²) in [6.45, 7) is 4.83. The number of fused-ring (bicyclic) bond motifs is 3. The maximum atomic E-state index is 13.2. The van der Waals surface area contributed by atoms with Crippen molar-refractivity contribution < 1.29 is 4.74 Å². The summed E-state index contributed by atoms with van der Waals surface area (Å²) in [7, 11) is 0. The van der Waals surface area contributed by atoms with Gasteiger partial charge in [0.1, 0.15) is 10.6 Å². The average Bonchev–Trinajstić information content (AvgIpc) is 3.06. The number of allylic oxidation sites excluding steroid dienone is 1. The van der Waals surface area contributed by atoms with Crippen LogP contribution in [-0.4, -0.2) is 21.9 Å². The van der Waals surface area contributed by atoms with E-state index in [-0.39, 0.29) is 5.56 Å². The van der Waals surface area contributed by atoms with Gasteiger partial charge in [-0.1, -0.05) is 39.8 Å². The van der Waals surface area contributed by atoms with Crippen molar-refractivity contribution >= 4 is 49.2 Å². The first-order valence-corrected chi connectivity index (χ1v) is 11.9. The van der Waals surface area contributed by atoms with Crippen LogP contribution in [0.3, 0.4) is 0 Å². The lowest BCUT2D eigenvalue weighted by atomic mass is 9.97. The van der Waals surface area contributed by atoms with E-state index >= 15 is 0 Å². The Bertz CT molecular complexity index is 1070. The van der Waals surface area contributed by atoms with Gasteiger partial charge in [-0.15, -0.1) is 17.9 Å². The SMILES string of the molecule is C=CCn1c(SCCOc2cccc(Br)c2)nc2sc3c(c2c1=O)CCCC3. The van der Waals surface area contributed by atoms with Gasteiger partial charge >= 0.3 is 0 Å². The Kier molecular flexibility index (Phi) is 6.23. The third-order valence-electron chi connectivity index (χ3n) is 4.73. The molecule has 0 aliphatic heterocycles.